The summed E-state index contributed by atoms with van der Waals surface area (Å²) in [6, 6.07) is 2.21. The van der Waals surface area contributed by atoms with Gasteiger partial charge in [0.15, 0.2) is 0 Å². The van der Waals surface area contributed by atoms with Gasteiger partial charge in [-0.2, -0.15) is 13.2 Å². The van der Waals surface area contributed by atoms with Gasteiger partial charge in [0, 0.05) is 24.7 Å². The van der Waals surface area contributed by atoms with Gasteiger partial charge in [-0.1, -0.05) is 30.1 Å². The first-order valence-electron chi connectivity index (χ1n) is 8.24. The first kappa shape index (κ1) is 24.1. The summed E-state index contributed by atoms with van der Waals surface area (Å²) in [5.74, 6) is 0. The van der Waals surface area contributed by atoms with Crippen LogP contribution in [-0.4, -0.2) is 21.3 Å². The zero-order valence-corrected chi connectivity index (χ0v) is 16.9. The van der Waals surface area contributed by atoms with Gasteiger partial charge >= 0.3 is 6.18 Å². The molecule has 0 fully saturated rings. The van der Waals surface area contributed by atoms with Gasteiger partial charge < -0.3 is 4.90 Å². The second-order valence-corrected chi connectivity index (χ2v) is 6.85. The summed E-state index contributed by atoms with van der Waals surface area (Å²) < 4.78 is 41.4. The van der Waals surface area contributed by atoms with Gasteiger partial charge in [-0.25, -0.2) is 0 Å². The van der Waals surface area contributed by atoms with Gasteiger partial charge in [0.1, 0.15) is 5.69 Å². The second-order valence-electron chi connectivity index (χ2n) is 6.04. The standard InChI is InChI=1S/C16H11Cl2F3N4O6/c1-2-3-22(15-11(17)5-9(24(28)29)6-12(15)18)14-10(16(19,20)21)4-8(23(26)27)7-13(14)25(30)31/h4-7H,2-3H2,1H3. The molecule has 0 saturated heterocycles. The Morgan fingerprint density at radius 1 is 0.871 bits per heavy atom. The van der Waals surface area contributed by atoms with Crippen LogP contribution in [0.5, 0.6) is 0 Å². The molecule has 10 nitrogen and oxygen atoms in total. The van der Waals surface area contributed by atoms with Crippen LogP contribution in [0.1, 0.15) is 18.9 Å². The van der Waals surface area contributed by atoms with Crippen molar-refractivity contribution >= 4 is 51.6 Å². The molecule has 0 aliphatic heterocycles. The molecule has 0 unspecified atom stereocenters. The maximum atomic E-state index is 13.8. The van der Waals surface area contributed by atoms with Crippen LogP contribution in [0.3, 0.4) is 0 Å². The smallest absolute Gasteiger partial charge is 0.333 e. The van der Waals surface area contributed by atoms with Crippen LogP contribution in [0.15, 0.2) is 24.3 Å². The van der Waals surface area contributed by atoms with Gasteiger partial charge in [0.2, 0.25) is 0 Å². The van der Waals surface area contributed by atoms with Crippen molar-refractivity contribution in [3.63, 3.8) is 0 Å². The van der Waals surface area contributed by atoms with E-state index in [2.05, 4.69) is 0 Å². The molecule has 0 heterocycles. The van der Waals surface area contributed by atoms with Gasteiger partial charge in [-0.15, -0.1) is 0 Å². The Balaban J connectivity index is 2.97. The Hall–Kier alpha value is -3.19. The van der Waals surface area contributed by atoms with E-state index in [-0.39, 0.29) is 24.7 Å². The molecule has 0 amide bonds. The first-order valence-corrected chi connectivity index (χ1v) is 9.00. The molecule has 15 heteroatoms. The van der Waals surface area contributed by atoms with Gasteiger partial charge in [0.05, 0.1) is 42.1 Å². The molecule has 0 atom stereocenters. The highest BCUT2D eigenvalue weighted by Gasteiger charge is 2.42. The van der Waals surface area contributed by atoms with E-state index in [1.807, 2.05) is 0 Å². The molecule has 0 spiro atoms. The topological polar surface area (TPSA) is 133 Å². The van der Waals surface area contributed by atoms with Crippen LogP contribution in [0.2, 0.25) is 10.0 Å². The predicted molar refractivity (Wildman–Crippen MR) is 105 cm³/mol. The number of hydrogen-bond donors (Lipinski definition) is 0. The number of anilines is 2. The lowest BCUT2D eigenvalue weighted by atomic mass is 10.1. The summed E-state index contributed by atoms with van der Waals surface area (Å²) in [4.78, 5) is 31.1. The summed E-state index contributed by atoms with van der Waals surface area (Å²) in [6.45, 7) is 1.27. The Morgan fingerprint density at radius 2 is 1.35 bits per heavy atom. The third-order valence-corrected chi connectivity index (χ3v) is 4.56. The van der Waals surface area contributed by atoms with Crippen molar-refractivity contribution in [3.8, 4) is 0 Å². The van der Waals surface area contributed by atoms with Crippen LogP contribution in [-0.2, 0) is 6.18 Å². The van der Waals surface area contributed by atoms with E-state index in [4.69, 9.17) is 23.2 Å². The molecule has 0 bridgehead atoms. The van der Waals surface area contributed by atoms with Gasteiger partial charge in [0.25, 0.3) is 17.1 Å². The normalized spacial score (nSPS) is 11.3. The van der Waals surface area contributed by atoms with Gasteiger partial charge in [-0.3, -0.25) is 30.3 Å². The summed E-state index contributed by atoms with van der Waals surface area (Å²) in [7, 11) is 0. The quantitative estimate of drug-likeness (QED) is 0.334. The lowest BCUT2D eigenvalue weighted by molar-refractivity contribution is -0.394. The molecule has 166 valence electrons. The average molecular weight is 483 g/mol. The highest BCUT2D eigenvalue weighted by Crippen LogP contribution is 2.49. The van der Waals surface area contributed by atoms with E-state index in [9.17, 15) is 43.5 Å². The minimum Gasteiger partial charge on any atom is -0.333 e. The minimum absolute atomic E-state index is 0.148. The van der Waals surface area contributed by atoms with Crippen LogP contribution in [0.4, 0.5) is 41.6 Å². The largest absolute Gasteiger partial charge is 0.418 e. The second kappa shape index (κ2) is 8.89. The van der Waals surface area contributed by atoms with Crippen molar-refractivity contribution in [2.75, 3.05) is 11.4 Å². The number of nitro benzene ring substituents is 3. The highest BCUT2D eigenvalue weighted by atomic mass is 35.5. The lowest BCUT2D eigenvalue weighted by Crippen LogP contribution is -2.24. The van der Waals surface area contributed by atoms with Crippen molar-refractivity contribution in [3.05, 3.63) is 70.2 Å². The van der Waals surface area contributed by atoms with E-state index >= 15 is 0 Å². The summed E-state index contributed by atoms with van der Waals surface area (Å²) in [5.41, 5.74) is -5.93. The number of non-ortho nitro benzene ring substituents is 2. The number of benzene rings is 2. The molecule has 0 aliphatic rings. The molecule has 31 heavy (non-hydrogen) atoms. The molecule has 0 saturated carbocycles. The molecule has 0 radical (unpaired) electrons. The maximum absolute atomic E-state index is 13.8. The fourth-order valence-corrected chi connectivity index (χ4v) is 3.50. The molecule has 2 aromatic rings. The van der Waals surface area contributed by atoms with Crippen molar-refractivity contribution in [1.29, 1.82) is 0 Å². The molecular weight excluding hydrogens is 472 g/mol. The van der Waals surface area contributed by atoms with Crippen LogP contribution in [0.25, 0.3) is 0 Å². The van der Waals surface area contributed by atoms with Crippen molar-refractivity contribution in [2.45, 2.75) is 19.5 Å². The number of hydrogen-bond acceptors (Lipinski definition) is 7. The van der Waals surface area contributed by atoms with Crippen LogP contribution in [0, 0.1) is 30.3 Å². The van der Waals surface area contributed by atoms with Crippen molar-refractivity contribution in [2.24, 2.45) is 0 Å². The Bertz CT molecular complexity index is 1060. The fourth-order valence-electron chi connectivity index (χ4n) is 2.82. The molecule has 2 rings (SSSR count). The number of rotatable bonds is 7. The molecular formula is C16H11Cl2F3N4O6. The summed E-state index contributed by atoms with van der Waals surface area (Å²) >= 11 is 12.1. The molecule has 2 aromatic carbocycles. The van der Waals surface area contributed by atoms with Crippen LogP contribution < -0.4 is 4.90 Å². The minimum atomic E-state index is -5.22. The number of nitro groups is 3. The molecule has 0 aromatic heterocycles. The van der Waals surface area contributed by atoms with Crippen molar-refractivity contribution in [1.82, 2.24) is 0 Å². The van der Waals surface area contributed by atoms with E-state index in [0.29, 0.717) is 6.07 Å². The maximum Gasteiger partial charge on any atom is 0.418 e. The Labute approximate surface area is 181 Å². The zero-order chi connectivity index (χ0) is 23.7. The number of nitrogens with zero attached hydrogens (tertiary/aromatic N) is 4. The Morgan fingerprint density at radius 3 is 1.74 bits per heavy atom. The van der Waals surface area contributed by atoms with E-state index in [1.54, 1.807) is 6.92 Å². The Kier molecular flexibility index (Phi) is 6.91. The van der Waals surface area contributed by atoms with Crippen molar-refractivity contribution < 1.29 is 27.9 Å². The summed E-state index contributed by atoms with van der Waals surface area (Å²) in [5, 5.41) is 32.7. The molecule has 0 N–H and O–H groups in total. The van der Waals surface area contributed by atoms with E-state index < -0.39 is 59.3 Å². The lowest BCUT2D eigenvalue weighted by Gasteiger charge is -2.28. The molecule has 0 aliphatic carbocycles. The third-order valence-electron chi connectivity index (χ3n) is 3.99. The fraction of sp³-hybridized carbons (Fsp3) is 0.250. The zero-order valence-electron chi connectivity index (χ0n) is 15.4. The number of alkyl halides is 3. The first-order chi connectivity index (χ1) is 14.3. The third kappa shape index (κ3) is 4.94. The highest BCUT2D eigenvalue weighted by molar-refractivity contribution is 6.39. The summed E-state index contributed by atoms with van der Waals surface area (Å²) in [6.07, 6.45) is -5.08. The van der Waals surface area contributed by atoms with E-state index in [0.717, 1.165) is 17.0 Å². The number of halogens is 5. The van der Waals surface area contributed by atoms with Gasteiger partial charge in [-0.05, 0) is 6.42 Å². The SMILES string of the molecule is CCCN(c1c(Cl)cc([N+](=O)[O-])cc1Cl)c1c([N+](=O)[O-])cc([N+](=O)[O-])cc1C(F)(F)F. The monoisotopic (exact) mass is 482 g/mol. The average Bonchev–Trinajstić information content (AvgIpc) is 2.64. The predicted octanol–water partition coefficient (Wildman–Crippen LogP) is 6.28. The van der Waals surface area contributed by atoms with Crippen LogP contribution >= 0.6 is 23.2 Å². The van der Waals surface area contributed by atoms with E-state index in [1.165, 1.54) is 0 Å².